The minimum atomic E-state index is -4.41. The predicted molar refractivity (Wildman–Crippen MR) is 116 cm³/mol. The van der Waals surface area contributed by atoms with Crippen molar-refractivity contribution in [3.63, 3.8) is 0 Å². The topological polar surface area (TPSA) is 64.7 Å². The van der Waals surface area contributed by atoms with E-state index in [1.165, 1.54) is 23.5 Å². The van der Waals surface area contributed by atoms with Crippen LogP contribution in [0, 0.1) is 0 Å². The lowest BCUT2D eigenvalue weighted by atomic mass is 10.2. The molecule has 5 aromatic rings. The fourth-order valence-corrected chi connectivity index (χ4v) is 4.69. The molecule has 0 aliphatic rings. The number of pyridine rings is 1. The lowest BCUT2D eigenvalue weighted by Gasteiger charge is -2.09. The summed E-state index contributed by atoms with van der Waals surface area (Å²) in [6.45, 7) is 0.295. The molecule has 32 heavy (non-hydrogen) atoms. The molecule has 6 nitrogen and oxygen atoms in total. The van der Waals surface area contributed by atoms with E-state index in [0.717, 1.165) is 33.4 Å². The minimum Gasteiger partial charge on any atom is -0.346 e. The summed E-state index contributed by atoms with van der Waals surface area (Å²) in [5.41, 5.74) is 1.18. The largest absolute Gasteiger partial charge is 0.416 e. The van der Waals surface area contributed by atoms with Crippen LogP contribution in [0.25, 0.3) is 26.9 Å². The van der Waals surface area contributed by atoms with Gasteiger partial charge in [-0.2, -0.15) is 18.3 Å². The number of aryl methyl sites for hydroxylation is 1. The van der Waals surface area contributed by atoms with Gasteiger partial charge in [0.1, 0.15) is 4.83 Å². The molecule has 0 unspecified atom stereocenters. The molecule has 1 aromatic carbocycles. The molecule has 0 aliphatic heterocycles. The van der Waals surface area contributed by atoms with Gasteiger partial charge in [0.25, 0.3) is 5.91 Å². The van der Waals surface area contributed by atoms with E-state index < -0.39 is 11.7 Å². The number of aromatic nitrogens is 4. The zero-order valence-electron chi connectivity index (χ0n) is 16.7. The number of amides is 1. The second kappa shape index (κ2) is 7.49. The van der Waals surface area contributed by atoms with E-state index in [-0.39, 0.29) is 5.91 Å². The number of halogens is 3. The van der Waals surface area contributed by atoms with Gasteiger partial charge in [-0.15, -0.1) is 11.3 Å². The van der Waals surface area contributed by atoms with Crippen molar-refractivity contribution in [3.8, 4) is 5.69 Å². The van der Waals surface area contributed by atoms with Gasteiger partial charge in [0.15, 0.2) is 5.65 Å². The Morgan fingerprint density at radius 2 is 1.91 bits per heavy atom. The Labute approximate surface area is 183 Å². The molecular weight excluding hydrogens is 439 g/mol. The first kappa shape index (κ1) is 20.3. The molecule has 1 N–H and O–H groups in total. The van der Waals surface area contributed by atoms with Crippen molar-refractivity contribution in [2.75, 3.05) is 0 Å². The fraction of sp³-hybridized carbons (Fsp3) is 0.136. The maximum atomic E-state index is 13.0. The number of thiophene rings is 1. The highest BCUT2D eigenvalue weighted by Gasteiger charge is 2.30. The molecule has 0 aliphatic carbocycles. The molecule has 10 heteroatoms. The summed E-state index contributed by atoms with van der Waals surface area (Å²) >= 11 is 1.27. The minimum absolute atomic E-state index is 0.243. The lowest BCUT2D eigenvalue weighted by molar-refractivity contribution is -0.137. The first-order valence-corrected chi connectivity index (χ1v) is 10.5. The highest BCUT2D eigenvalue weighted by atomic mass is 32.1. The molecule has 0 bridgehead atoms. The monoisotopic (exact) mass is 455 g/mol. The zero-order valence-corrected chi connectivity index (χ0v) is 17.5. The number of hydrogen-bond donors (Lipinski definition) is 1. The third kappa shape index (κ3) is 3.52. The van der Waals surface area contributed by atoms with Gasteiger partial charge in [-0.1, -0.05) is 6.07 Å². The van der Waals surface area contributed by atoms with Gasteiger partial charge < -0.3 is 5.32 Å². The quantitative estimate of drug-likeness (QED) is 0.418. The summed E-state index contributed by atoms with van der Waals surface area (Å²) < 4.78 is 42.4. The molecule has 0 saturated carbocycles. The summed E-state index contributed by atoms with van der Waals surface area (Å²) in [6, 6.07) is 12.2. The van der Waals surface area contributed by atoms with Gasteiger partial charge >= 0.3 is 6.18 Å². The third-order valence-corrected chi connectivity index (χ3v) is 6.18. The number of hydrogen-bond acceptors (Lipinski definition) is 4. The molecule has 4 aromatic heterocycles. The van der Waals surface area contributed by atoms with Crippen LogP contribution in [0.15, 0.2) is 60.9 Å². The Balaban J connectivity index is 1.55. The van der Waals surface area contributed by atoms with Crippen LogP contribution in [0.5, 0.6) is 0 Å². The van der Waals surface area contributed by atoms with E-state index >= 15 is 0 Å². The summed E-state index contributed by atoms with van der Waals surface area (Å²) in [5, 5.41) is 8.97. The van der Waals surface area contributed by atoms with Crippen molar-refractivity contribution in [2.24, 2.45) is 7.05 Å². The number of carbonyl (C=O) groups excluding carboxylic acids is 1. The van der Waals surface area contributed by atoms with Gasteiger partial charge in [-0.25, -0.2) is 0 Å². The zero-order chi connectivity index (χ0) is 22.5. The molecule has 1 amide bonds. The summed E-state index contributed by atoms with van der Waals surface area (Å²) in [4.78, 5) is 18.2. The van der Waals surface area contributed by atoms with Crippen molar-refractivity contribution in [1.82, 2.24) is 24.6 Å². The van der Waals surface area contributed by atoms with E-state index in [9.17, 15) is 18.0 Å². The van der Waals surface area contributed by atoms with Crippen molar-refractivity contribution < 1.29 is 18.0 Å². The number of nitrogens with one attached hydrogen (secondary N) is 1. The Hall–Kier alpha value is -3.66. The fourth-order valence-electron chi connectivity index (χ4n) is 3.58. The predicted octanol–water partition coefficient (Wildman–Crippen LogP) is 4.92. The van der Waals surface area contributed by atoms with Crippen molar-refractivity contribution in [2.45, 2.75) is 12.7 Å². The Kier molecular flexibility index (Phi) is 4.74. The summed E-state index contributed by atoms with van der Waals surface area (Å²) in [6.07, 6.45) is -0.916. The van der Waals surface area contributed by atoms with Crippen molar-refractivity contribution >= 4 is 38.5 Å². The van der Waals surface area contributed by atoms with Crippen molar-refractivity contribution in [1.29, 1.82) is 0 Å². The third-order valence-electron chi connectivity index (χ3n) is 5.06. The first-order valence-electron chi connectivity index (χ1n) is 9.64. The molecular formula is C22H16F3N5OS. The molecule has 4 heterocycles. The maximum Gasteiger partial charge on any atom is 0.416 e. The highest BCUT2D eigenvalue weighted by molar-refractivity contribution is 7.20. The SMILES string of the molecule is Cn1cc2c3cc(C(=O)NCc4ccccn4)sc3n(-c3ccc(C(F)(F)F)cc3)c2n1. The normalized spacial score (nSPS) is 12.0. The molecule has 5 rings (SSSR count). The van der Waals surface area contributed by atoms with Crippen LogP contribution in [0.2, 0.25) is 0 Å². The van der Waals surface area contributed by atoms with Crippen LogP contribution in [0.3, 0.4) is 0 Å². The second-order valence-electron chi connectivity index (χ2n) is 7.25. The van der Waals surface area contributed by atoms with Crippen LogP contribution in [0.1, 0.15) is 20.9 Å². The molecule has 0 saturated heterocycles. The van der Waals surface area contributed by atoms with Gasteiger partial charge in [0.2, 0.25) is 0 Å². The number of benzene rings is 1. The van der Waals surface area contributed by atoms with E-state index in [0.29, 0.717) is 22.8 Å². The molecule has 162 valence electrons. The maximum absolute atomic E-state index is 13.0. The second-order valence-corrected chi connectivity index (χ2v) is 8.28. The van der Waals surface area contributed by atoms with Crippen LogP contribution in [-0.2, 0) is 19.8 Å². The lowest BCUT2D eigenvalue weighted by Crippen LogP contribution is -2.22. The number of alkyl halides is 3. The smallest absolute Gasteiger partial charge is 0.346 e. The van der Waals surface area contributed by atoms with Crippen LogP contribution >= 0.6 is 11.3 Å². The molecule has 0 atom stereocenters. The molecule has 0 radical (unpaired) electrons. The van der Waals surface area contributed by atoms with Gasteiger partial charge in [0.05, 0.1) is 22.7 Å². The van der Waals surface area contributed by atoms with E-state index in [2.05, 4.69) is 15.4 Å². The van der Waals surface area contributed by atoms with E-state index in [1.54, 1.807) is 34.6 Å². The van der Waals surface area contributed by atoms with Gasteiger partial charge in [-0.3, -0.25) is 19.0 Å². The number of carbonyl (C=O) groups is 1. The van der Waals surface area contributed by atoms with Crippen molar-refractivity contribution in [3.05, 3.63) is 77.1 Å². The van der Waals surface area contributed by atoms with E-state index in [1.807, 2.05) is 18.3 Å². The number of rotatable bonds is 4. The Morgan fingerprint density at radius 3 is 2.59 bits per heavy atom. The first-order chi connectivity index (χ1) is 15.3. The molecule has 0 fully saturated rings. The summed E-state index contributed by atoms with van der Waals surface area (Å²) in [7, 11) is 1.77. The Morgan fingerprint density at radius 1 is 1.12 bits per heavy atom. The average molecular weight is 455 g/mol. The number of fused-ring (bicyclic) bond motifs is 3. The van der Waals surface area contributed by atoms with Crippen LogP contribution < -0.4 is 5.32 Å². The average Bonchev–Trinajstić information content (AvgIpc) is 3.42. The van der Waals surface area contributed by atoms with Gasteiger partial charge in [-0.05, 0) is 42.5 Å². The Bertz CT molecular complexity index is 1430. The molecule has 0 spiro atoms. The standard InChI is InChI=1S/C22H16F3N5OS/c1-29-12-17-16-10-18(20(31)27-11-14-4-2-3-9-26-14)32-21(16)30(19(17)28-29)15-7-5-13(6-8-15)22(23,24)25/h2-10,12H,11H2,1H3,(H,27,31). The summed E-state index contributed by atoms with van der Waals surface area (Å²) in [5.74, 6) is -0.243. The van der Waals surface area contributed by atoms with Gasteiger partial charge in [0, 0.05) is 35.9 Å². The van der Waals surface area contributed by atoms with E-state index in [4.69, 9.17) is 0 Å². The highest BCUT2D eigenvalue weighted by Crippen LogP contribution is 2.37. The van der Waals surface area contributed by atoms with Crippen LogP contribution in [0.4, 0.5) is 13.2 Å². The number of nitrogens with zero attached hydrogens (tertiary/aromatic N) is 4. The van der Waals surface area contributed by atoms with Crippen LogP contribution in [-0.4, -0.2) is 25.2 Å².